The minimum Gasteiger partial charge on any atom is -0.507 e. The van der Waals surface area contributed by atoms with E-state index in [1.54, 1.807) is 6.08 Å². The molecule has 5 atom stereocenters. The third-order valence-electron chi connectivity index (χ3n) is 4.56. The first-order valence-corrected chi connectivity index (χ1v) is 8.98. The molecule has 0 bridgehead atoms. The number of aromatic hydroxyl groups is 1. The zero-order valence-electron chi connectivity index (χ0n) is 15.3. The van der Waals surface area contributed by atoms with Gasteiger partial charge in [0.2, 0.25) is 6.29 Å². The van der Waals surface area contributed by atoms with Gasteiger partial charge in [-0.05, 0) is 23.8 Å². The Hall–Kier alpha value is -2.75. The molecule has 2 aromatic carbocycles. The van der Waals surface area contributed by atoms with E-state index < -0.39 is 43.1 Å². The second-order valence-electron chi connectivity index (χ2n) is 6.60. The van der Waals surface area contributed by atoms with E-state index in [-0.39, 0.29) is 17.1 Å². The fraction of sp³-hybridized carbons (Fsp3) is 0.286. The number of ether oxygens (including phenoxy) is 2. The number of ketones is 1. The summed E-state index contributed by atoms with van der Waals surface area (Å²) in [6, 6.07) is 13.1. The van der Waals surface area contributed by atoms with E-state index in [0.29, 0.717) is 0 Å². The van der Waals surface area contributed by atoms with Gasteiger partial charge in [-0.2, -0.15) is 0 Å². The summed E-state index contributed by atoms with van der Waals surface area (Å²) < 4.78 is 10.7. The number of hydrogen-bond donors (Lipinski definition) is 5. The van der Waals surface area contributed by atoms with Crippen molar-refractivity contribution >= 4 is 11.9 Å². The van der Waals surface area contributed by atoms with E-state index >= 15 is 0 Å². The normalized spacial score (nSPS) is 27.1. The molecule has 1 aliphatic heterocycles. The van der Waals surface area contributed by atoms with Crippen LogP contribution in [0.15, 0.2) is 54.6 Å². The summed E-state index contributed by atoms with van der Waals surface area (Å²) in [4.78, 5) is 12.3. The standard InChI is InChI=1S/C21H22O8/c22-11-17-18(25)19(26)20(27)21(29-17)28-13-7-8-14(16(24)10-13)15(23)9-6-12-4-2-1-3-5-12/h1-10,17-22,24-27H,11H2/t17-,18-,19+,20-,21+/m1/s1. The molecule has 2 aromatic rings. The fourth-order valence-electron chi connectivity index (χ4n) is 2.92. The van der Waals surface area contributed by atoms with Gasteiger partial charge in [-0.15, -0.1) is 0 Å². The summed E-state index contributed by atoms with van der Waals surface area (Å²) in [7, 11) is 0. The van der Waals surface area contributed by atoms with Gasteiger partial charge in [0.1, 0.15) is 35.9 Å². The molecule has 0 saturated carbocycles. The number of phenolic OH excluding ortho intramolecular Hbond substituents is 1. The lowest BCUT2D eigenvalue weighted by Gasteiger charge is -2.39. The highest BCUT2D eigenvalue weighted by Crippen LogP contribution is 2.28. The minimum absolute atomic E-state index is 0.0540. The number of carbonyl (C=O) groups excluding carboxylic acids is 1. The summed E-state index contributed by atoms with van der Waals surface area (Å²) in [6.45, 7) is -0.586. The average Bonchev–Trinajstić information content (AvgIpc) is 2.73. The molecule has 3 rings (SSSR count). The van der Waals surface area contributed by atoms with Gasteiger partial charge >= 0.3 is 0 Å². The molecule has 1 fully saturated rings. The van der Waals surface area contributed by atoms with Crippen LogP contribution in [0.3, 0.4) is 0 Å². The number of aliphatic hydroxyl groups excluding tert-OH is 4. The Balaban J connectivity index is 1.71. The van der Waals surface area contributed by atoms with Gasteiger partial charge in [0.05, 0.1) is 12.2 Å². The Labute approximate surface area is 166 Å². The number of hydrogen-bond acceptors (Lipinski definition) is 8. The summed E-state index contributed by atoms with van der Waals surface area (Å²) in [5, 5.41) is 49.0. The van der Waals surface area contributed by atoms with Crippen LogP contribution in [0.2, 0.25) is 0 Å². The number of carbonyl (C=O) groups is 1. The Bertz CT molecular complexity index is 864. The van der Waals surface area contributed by atoms with Crippen molar-refractivity contribution in [1.29, 1.82) is 0 Å². The molecule has 0 radical (unpaired) electrons. The van der Waals surface area contributed by atoms with E-state index in [0.717, 1.165) is 5.56 Å². The predicted molar refractivity (Wildman–Crippen MR) is 102 cm³/mol. The average molecular weight is 402 g/mol. The maximum absolute atomic E-state index is 12.3. The van der Waals surface area contributed by atoms with Gasteiger partial charge in [0.25, 0.3) is 0 Å². The van der Waals surface area contributed by atoms with E-state index in [9.17, 15) is 30.3 Å². The van der Waals surface area contributed by atoms with E-state index in [1.807, 2.05) is 30.3 Å². The highest BCUT2D eigenvalue weighted by molar-refractivity contribution is 6.08. The molecule has 1 saturated heterocycles. The number of phenols is 1. The van der Waals surface area contributed by atoms with Crippen LogP contribution in [-0.2, 0) is 4.74 Å². The Morgan fingerprint density at radius 2 is 1.76 bits per heavy atom. The van der Waals surface area contributed by atoms with Crippen molar-refractivity contribution in [3.63, 3.8) is 0 Å². The zero-order chi connectivity index (χ0) is 21.0. The van der Waals surface area contributed by atoms with Crippen LogP contribution in [0, 0.1) is 0 Å². The van der Waals surface area contributed by atoms with Gasteiger partial charge in [-0.25, -0.2) is 0 Å². The molecule has 0 amide bonds. The van der Waals surface area contributed by atoms with Gasteiger partial charge in [0, 0.05) is 6.07 Å². The Kier molecular flexibility index (Phi) is 6.63. The highest BCUT2D eigenvalue weighted by atomic mass is 16.7. The summed E-state index contributed by atoms with van der Waals surface area (Å²) in [5.41, 5.74) is 0.890. The summed E-state index contributed by atoms with van der Waals surface area (Å²) >= 11 is 0. The number of rotatable bonds is 6. The first kappa shape index (κ1) is 21.0. The minimum atomic E-state index is -1.58. The highest BCUT2D eigenvalue weighted by Gasteiger charge is 2.44. The second-order valence-corrected chi connectivity index (χ2v) is 6.60. The molecular formula is C21H22O8. The monoisotopic (exact) mass is 402 g/mol. The quantitative estimate of drug-likeness (QED) is 0.347. The van der Waals surface area contributed by atoms with Crippen molar-refractivity contribution in [3.05, 3.63) is 65.7 Å². The lowest BCUT2D eigenvalue weighted by molar-refractivity contribution is -0.277. The largest absolute Gasteiger partial charge is 0.507 e. The summed E-state index contributed by atoms with van der Waals surface area (Å²) in [5.74, 6) is -0.684. The summed E-state index contributed by atoms with van der Waals surface area (Å²) in [6.07, 6.45) is -4.20. The topological polar surface area (TPSA) is 137 Å². The predicted octanol–water partition coefficient (Wildman–Crippen LogP) is 0.467. The lowest BCUT2D eigenvalue weighted by atomic mass is 9.99. The molecule has 1 heterocycles. The molecule has 0 aliphatic carbocycles. The fourth-order valence-corrected chi connectivity index (χ4v) is 2.92. The maximum Gasteiger partial charge on any atom is 0.229 e. The van der Waals surface area contributed by atoms with Crippen molar-refractivity contribution in [1.82, 2.24) is 0 Å². The van der Waals surface area contributed by atoms with Gasteiger partial charge < -0.3 is 35.0 Å². The molecule has 0 aromatic heterocycles. The Morgan fingerprint density at radius 1 is 1.03 bits per heavy atom. The molecule has 0 unspecified atom stereocenters. The Morgan fingerprint density at radius 3 is 2.41 bits per heavy atom. The van der Waals surface area contributed by atoms with Crippen molar-refractivity contribution in [2.24, 2.45) is 0 Å². The first-order valence-electron chi connectivity index (χ1n) is 8.98. The van der Waals surface area contributed by atoms with Gasteiger partial charge in [0.15, 0.2) is 5.78 Å². The number of benzene rings is 2. The van der Waals surface area contributed by atoms with Crippen LogP contribution in [0.1, 0.15) is 15.9 Å². The van der Waals surface area contributed by atoms with Crippen molar-refractivity contribution in [2.45, 2.75) is 30.7 Å². The molecular weight excluding hydrogens is 380 g/mol. The van der Waals surface area contributed by atoms with Crippen LogP contribution in [-0.4, -0.2) is 68.6 Å². The third-order valence-corrected chi connectivity index (χ3v) is 4.56. The van der Waals surface area contributed by atoms with Gasteiger partial charge in [-0.1, -0.05) is 36.4 Å². The first-order chi connectivity index (χ1) is 13.9. The third kappa shape index (κ3) is 4.81. The van der Waals surface area contributed by atoms with Crippen LogP contribution in [0.4, 0.5) is 0 Å². The second kappa shape index (κ2) is 9.17. The van der Waals surface area contributed by atoms with Crippen molar-refractivity contribution in [3.8, 4) is 11.5 Å². The van der Waals surface area contributed by atoms with Crippen molar-refractivity contribution in [2.75, 3.05) is 6.61 Å². The van der Waals surface area contributed by atoms with Crippen LogP contribution in [0.25, 0.3) is 6.08 Å². The van der Waals surface area contributed by atoms with Crippen LogP contribution < -0.4 is 4.74 Å². The SMILES string of the molecule is O=C(C=Cc1ccccc1)c1ccc(O[C@H]2O[C@H](CO)[C@@H](O)[C@H](O)[C@H]2O)cc1O. The maximum atomic E-state index is 12.3. The van der Waals surface area contributed by atoms with Gasteiger partial charge in [-0.3, -0.25) is 4.79 Å². The smallest absolute Gasteiger partial charge is 0.229 e. The van der Waals surface area contributed by atoms with E-state index in [2.05, 4.69) is 0 Å². The van der Waals surface area contributed by atoms with E-state index in [4.69, 9.17) is 9.47 Å². The van der Waals surface area contributed by atoms with E-state index in [1.165, 1.54) is 24.3 Å². The lowest BCUT2D eigenvalue weighted by Crippen LogP contribution is -2.60. The molecule has 29 heavy (non-hydrogen) atoms. The molecule has 8 nitrogen and oxygen atoms in total. The van der Waals surface area contributed by atoms with Crippen LogP contribution >= 0.6 is 0 Å². The number of aliphatic hydroxyl groups is 4. The zero-order valence-corrected chi connectivity index (χ0v) is 15.3. The molecule has 1 aliphatic rings. The number of allylic oxidation sites excluding steroid dienone is 1. The molecule has 8 heteroatoms. The van der Waals surface area contributed by atoms with Crippen LogP contribution in [0.5, 0.6) is 11.5 Å². The molecule has 0 spiro atoms. The molecule has 154 valence electrons. The molecule has 5 N–H and O–H groups in total. The van der Waals surface area contributed by atoms with Crippen molar-refractivity contribution < 1.29 is 39.8 Å².